The summed E-state index contributed by atoms with van der Waals surface area (Å²) in [4.78, 5) is 56.3. The van der Waals surface area contributed by atoms with E-state index in [4.69, 9.17) is 4.98 Å². The van der Waals surface area contributed by atoms with Gasteiger partial charge in [0.25, 0.3) is 0 Å². The van der Waals surface area contributed by atoms with Crippen LogP contribution in [0.1, 0.15) is 112 Å². The molecule has 0 bridgehead atoms. The van der Waals surface area contributed by atoms with E-state index in [0.717, 1.165) is 115 Å². The van der Waals surface area contributed by atoms with Gasteiger partial charge in [0.2, 0.25) is 17.7 Å². The maximum atomic E-state index is 13.1. The Morgan fingerprint density at radius 2 is 1.69 bits per heavy atom. The fraction of sp³-hybridized carbons (Fsp3) is 0.408. The first kappa shape index (κ1) is 40.6. The Balaban J connectivity index is 0.699. The number of piperidine rings is 1. The summed E-state index contributed by atoms with van der Waals surface area (Å²) in [7, 11) is 1.73. The van der Waals surface area contributed by atoms with Gasteiger partial charge in [0, 0.05) is 65.3 Å². The Bertz CT molecular complexity index is 2720. The number of unbranched alkanes of at least 4 members (excludes halogenated alkanes) is 4. The average molecular weight is 838 g/mol. The van der Waals surface area contributed by atoms with Crippen molar-refractivity contribution in [2.24, 2.45) is 7.05 Å². The Hall–Kier alpha value is -5.75. The van der Waals surface area contributed by atoms with Gasteiger partial charge in [-0.25, -0.2) is 9.78 Å². The number of imide groups is 1. The van der Waals surface area contributed by atoms with Crippen LogP contribution in [-0.2, 0) is 27.9 Å². The van der Waals surface area contributed by atoms with Crippen molar-refractivity contribution >= 4 is 72.5 Å². The second kappa shape index (κ2) is 17.3. The number of benzene rings is 3. The van der Waals surface area contributed by atoms with Crippen LogP contribution in [0, 0.1) is 0 Å². The van der Waals surface area contributed by atoms with Gasteiger partial charge in [-0.05, 0) is 112 Å². The monoisotopic (exact) mass is 837 g/mol. The van der Waals surface area contributed by atoms with Gasteiger partial charge in [0.15, 0.2) is 0 Å². The third-order valence-electron chi connectivity index (χ3n) is 13.1. The number of fused-ring (bicyclic) bond motifs is 6. The number of carbonyl (C=O) groups is 3. The second-order valence-electron chi connectivity index (χ2n) is 17.4. The molecule has 3 aromatic heterocycles. The van der Waals surface area contributed by atoms with Gasteiger partial charge >= 0.3 is 5.69 Å². The summed E-state index contributed by atoms with van der Waals surface area (Å²) < 4.78 is 4.35. The Morgan fingerprint density at radius 3 is 2.49 bits per heavy atom. The molecule has 61 heavy (non-hydrogen) atoms. The molecule has 6 aromatic rings. The molecular weight excluding hydrogens is 783 g/mol. The van der Waals surface area contributed by atoms with Crippen LogP contribution in [-0.4, -0.2) is 50.5 Å². The van der Waals surface area contributed by atoms with Gasteiger partial charge < -0.3 is 16.0 Å². The minimum absolute atomic E-state index is 0.169. The molecule has 2 aliphatic heterocycles. The van der Waals surface area contributed by atoms with Crippen LogP contribution in [0.15, 0.2) is 78.1 Å². The lowest BCUT2D eigenvalue weighted by Gasteiger charge is -2.29. The highest BCUT2D eigenvalue weighted by molar-refractivity contribution is 7.21. The first-order chi connectivity index (χ1) is 29.6. The Morgan fingerprint density at radius 1 is 0.902 bits per heavy atom. The van der Waals surface area contributed by atoms with Crippen LogP contribution in [0.5, 0.6) is 0 Å². The van der Waals surface area contributed by atoms with Crippen LogP contribution in [0.3, 0.4) is 0 Å². The van der Waals surface area contributed by atoms with Crippen LogP contribution in [0.2, 0.25) is 0 Å². The van der Waals surface area contributed by atoms with E-state index in [2.05, 4.69) is 83.3 Å². The maximum absolute atomic E-state index is 13.1. The van der Waals surface area contributed by atoms with Crippen LogP contribution < -0.4 is 27.0 Å². The van der Waals surface area contributed by atoms with Crippen molar-refractivity contribution in [1.82, 2.24) is 30.1 Å². The molecule has 2 fully saturated rings. The molecule has 4 N–H and O–H groups in total. The highest BCUT2D eigenvalue weighted by Crippen LogP contribution is 2.44. The van der Waals surface area contributed by atoms with Crippen molar-refractivity contribution in [2.75, 3.05) is 11.9 Å². The normalized spacial score (nSPS) is 20.6. The number of amides is 3. The molecule has 1 saturated heterocycles. The van der Waals surface area contributed by atoms with Gasteiger partial charge in [0.1, 0.15) is 6.04 Å². The zero-order chi connectivity index (χ0) is 42.2. The SMILES string of the molecule is C=C1N[C@H](C)CNc2c1sc1ccc3nc(-c4ccc(C5CCC(NC(=O)CCCCCCCc6ccc7c(c6)n(C)c(=O)n7C6CCC(=O)NC6=O)CC5)cc4)ccc3c21. The standard InChI is InChI=1S/C49H55N7O4S/c1-29-28-50-46-45-36-20-21-37(53-38(36)22-25-42(45)61-47(46)30(2)51-29)34-14-12-32(13-15-34)33-16-18-35(19-17-33)52-43(57)10-8-6-4-5-7-9-31-11-23-39-41(27-31)55(3)49(60)56(39)40-24-26-44(58)54-48(40)59/h11-15,20-23,25,27,29,33,35,40,50-51H,2,4-10,16-19,24,26,28H2,1,3H3,(H,52,57)(H,54,58,59)/t29-,33?,35?,40?/m1/s1. The van der Waals surface area contributed by atoms with Crippen molar-refractivity contribution in [2.45, 2.75) is 114 Å². The van der Waals surface area contributed by atoms with E-state index in [1.807, 2.05) is 18.2 Å². The minimum Gasteiger partial charge on any atom is -0.381 e. The number of rotatable bonds is 12. The summed E-state index contributed by atoms with van der Waals surface area (Å²) in [6.45, 7) is 7.32. The van der Waals surface area contributed by atoms with Gasteiger partial charge in [-0.15, -0.1) is 11.3 Å². The van der Waals surface area contributed by atoms with Crippen molar-refractivity contribution < 1.29 is 14.4 Å². The smallest absolute Gasteiger partial charge is 0.329 e. The molecule has 3 amide bonds. The zero-order valence-electron chi connectivity index (χ0n) is 35.1. The second-order valence-corrected chi connectivity index (χ2v) is 18.5. The quantitative estimate of drug-likeness (QED) is 0.0714. The summed E-state index contributed by atoms with van der Waals surface area (Å²) in [5.74, 6) is -0.0449. The van der Waals surface area contributed by atoms with Gasteiger partial charge in [-0.3, -0.25) is 28.8 Å². The third kappa shape index (κ3) is 8.34. The minimum atomic E-state index is -0.675. The van der Waals surface area contributed by atoms with E-state index in [-0.39, 0.29) is 30.0 Å². The van der Waals surface area contributed by atoms with Crippen molar-refractivity contribution in [1.29, 1.82) is 0 Å². The number of nitrogens with zero attached hydrogens (tertiary/aromatic N) is 3. The molecule has 3 aliphatic rings. The summed E-state index contributed by atoms with van der Waals surface area (Å²) in [5.41, 5.74) is 9.00. The largest absolute Gasteiger partial charge is 0.381 e. The predicted octanol–water partition coefficient (Wildman–Crippen LogP) is 8.85. The van der Waals surface area contributed by atoms with E-state index >= 15 is 0 Å². The first-order valence-corrected chi connectivity index (χ1v) is 22.9. The van der Waals surface area contributed by atoms with Crippen LogP contribution in [0.25, 0.3) is 49.0 Å². The number of thiophene rings is 1. The maximum Gasteiger partial charge on any atom is 0.329 e. The van der Waals surface area contributed by atoms with E-state index in [9.17, 15) is 19.2 Å². The number of carbonyl (C=O) groups excluding carboxylic acids is 3. The molecular formula is C49H55N7O4S. The van der Waals surface area contributed by atoms with Crippen LogP contribution in [0.4, 0.5) is 5.69 Å². The predicted molar refractivity (Wildman–Crippen MR) is 246 cm³/mol. The highest BCUT2D eigenvalue weighted by atomic mass is 32.1. The van der Waals surface area contributed by atoms with E-state index < -0.39 is 11.9 Å². The number of hydrogen-bond donors (Lipinski definition) is 4. The first-order valence-electron chi connectivity index (χ1n) is 22.1. The molecule has 0 spiro atoms. The molecule has 0 radical (unpaired) electrons. The number of hydrogen-bond acceptors (Lipinski definition) is 8. The van der Waals surface area contributed by atoms with Gasteiger partial charge in [-0.1, -0.05) is 56.2 Å². The number of imidazole rings is 1. The number of aromatic nitrogens is 3. The molecule has 3 aromatic carbocycles. The molecule has 11 nitrogen and oxygen atoms in total. The van der Waals surface area contributed by atoms with Crippen molar-refractivity contribution in [3.8, 4) is 11.3 Å². The molecule has 5 heterocycles. The lowest BCUT2D eigenvalue weighted by Crippen LogP contribution is -2.44. The molecule has 1 saturated carbocycles. The molecule has 2 atom stereocenters. The molecule has 9 rings (SSSR count). The summed E-state index contributed by atoms with van der Waals surface area (Å²) in [6.07, 6.45) is 11.3. The van der Waals surface area contributed by atoms with E-state index in [0.29, 0.717) is 30.3 Å². The molecule has 12 heteroatoms. The van der Waals surface area contributed by atoms with Gasteiger partial charge in [0.05, 0.1) is 32.8 Å². The lowest BCUT2D eigenvalue weighted by molar-refractivity contribution is -0.135. The number of anilines is 1. The Labute approximate surface area is 360 Å². The topological polar surface area (TPSA) is 139 Å². The molecule has 316 valence electrons. The number of pyridine rings is 1. The van der Waals surface area contributed by atoms with Crippen molar-refractivity contribution in [3.05, 3.63) is 99.8 Å². The summed E-state index contributed by atoms with van der Waals surface area (Å²) in [5, 5.41) is 15.3. The average Bonchev–Trinajstić information content (AvgIpc) is 3.71. The summed E-state index contributed by atoms with van der Waals surface area (Å²) in [6, 6.07) is 23.5. The number of nitrogens with one attached hydrogen (secondary N) is 4. The fourth-order valence-electron chi connectivity index (χ4n) is 9.75. The van der Waals surface area contributed by atoms with E-state index in [1.54, 1.807) is 23.0 Å². The molecule has 1 aliphatic carbocycles. The van der Waals surface area contributed by atoms with Gasteiger partial charge in [-0.2, -0.15) is 0 Å². The Kier molecular flexibility index (Phi) is 11.5. The van der Waals surface area contributed by atoms with E-state index in [1.165, 1.54) is 25.1 Å². The fourth-order valence-corrected chi connectivity index (χ4v) is 10.9. The third-order valence-corrected chi connectivity index (χ3v) is 14.3. The highest BCUT2D eigenvalue weighted by Gasteiger charge is 2.31. The zero-order valence-corrected chi connectivity index (χ0v) is 36.0. The van der Waals surface area contributed by atoms with Crippen molar-refractivity contribution in [3.63, 3.8) is 0 Å². The lowest BCUT2D eigenvalue weighted by atomic mass is 9.81. The molecule has 1 unspecified atom stereocenters. The number of aryl methyl sites for hydroxylation is 2. The summed E-state index contributed by atoms with van der Waals surface area (Å²) >= 11 is 1.77. The van der Waals surface area contributed by atoms with Crippen LogP contribution >= 0.6 is 11.3 Å².